The second kappa shape index (κ2) is 19.5. The normalized spacial score (nSPS) is 12.0. The standard InChI is InChI=1S/C19H47N7/c1-24(12-6-18-25(14-2-8-20)15-3-9-21)13-7-19-26(16-4-10-22)17-5-11-23/h2-23H2,1H3. The lowest BCUT2D eigenvalue weighted by atomic mass is 10.2. The maximum atomic E-state index is 5.64. The molecule has 0 aromatic heterocycles. The van der Waals surface area contributed by atoms with Crippen molar-refractivity contribution in [2.24, 2.45) is 22.9 Å². The molecule has 0 aliphatic rings. The molecule has 0 radical (unpaired) electrons. The zero-order valence-electron chi connectivity index (χ0n) is 17.4. The van der Waals surface area contributed by atoms with Gasteiger partial charge in [-0.3, -0.25) is 0 Å². The average Bonchev–Trinajstić information content (AvgIpc) is 2.65. The van der Waals surface area contributed by atoms with Gasteiger partial charge in [-0.25, -0.2) is 0 Å². The fraction of sp³-hybridized carbons (Fsp3) is 1.00. The zero-order chi connectivity index (χ0) is 19.5. The molecule has 0 fully saturated rings. The van der Waals surface area contributed by atoms with Crippen LogP contribution in [0.2, 0.25) is 0 Å². The smallest absolute Gasteiger partial charge is 0.000653 e. The summed E-state index contributed by atoms with van der Waals surface area (Å²) in [6.07, 6.45) is 6.69. The molecule has 0 saturated carbocycles. The summed E-state index contributed by atoms with van der Waals surface area (Å²) in [7, 11) is 2.23. The van der Waals surface area contributed by atoms with E-state index in [-0.39, 0.29) is 0 Å². The Morgan fingerprint density at radius 2 is 0.692 bits per heavy atom. The average molecular weight is 374 g/mol. The van der Waals surface area contributed by atoms with Crippen LogP contribution in [0.4, 0.5) is 0 Å². The number of hydrogen-bond donors (Lipinski definition) is 4. The van der Waals surface area contributed by atoms with E-state index in [9.17, 15) is 0 Å². The van der Waals surface area contributed by atoms with E-state index in [1.807, 2.05) is 0 Å². The van der Waals surface area contributed by atoms with Crippen molar-refractivity contribution in [3.8, 4) is 0 Å². The lowest BCUT2D eigenvalue weighted by Crippen LogP contribution is -2.33. The van der Waals surface area contributed by atoms with Crippen LogP contribution in [-0.4, -0.2) is 100 Å². The van der Waals surface area contributed by atoms with Crippen LogP contribution in [0.1, 0.15) is 38.5 Å². The van der Waals surface area contributed by atoms with Crippen molar-refractivity contribution in [2.75, 3.05) is 85.6 Å². The molecule has 0 aromatic carbocycles. The summed E-state index contributed by atoms with van der Waals surface area (Å²) < 4.78 is 0. The monoisotopic (exact) mass is 373 g/mol. The van der Waals surface area contributed by atoms with E-state index in [0.29, 0.717) is 0 Å². The Morgan fingerprint density at radius 3 is 0.962 bits per heavy atom. The van der Waals surface area contributed by atoms with Gasteiger partial charge in [0.25, 0.3) is 0 Å². The van der Waals surface area contributed by atoms with Gasteiger partial charge in [0.2, 0.25) is 0 Å². The Hall–Kier alpha value is -0.280. The molecule has 0 aromatic rings. The van der Waals surface area contributed by atoms with Gasteiger partial charge < -0.3 is 37.6 Å². The van der Waals surface area contributed by atoms with E-state index in [4.69, 9.17) is 22.9 Å². The summed E-state index contributed by atoms with van der Waals surface area (Å²) in [5.74, 6) is 0. The fourth-order valence-electron chi connectivity index (χ4n) is 3.17. The van der Waals surface area contributed by atoms with Crippen LogP contribution in [0.15, 0.2) is 0 Å². The van der Waals surface area contributed by atoms with E-state index in [0.717, 1.165) is 104 Å². The van der Waals surface area contributed by atoms with E-state index in [2.05, 4.69) is 21.7 Å². The number of nitrogens with zero attached hydrogens (tertiary/aromatic N) is 3. The Balaban J connectivity index is 3.90. The van der Waals surface area contributed by atoms with Crippen molar-refractivity contribution in [3.63, 3.8) is 0 Å². The molecule has 0 aliphatic carbocycles. The van der Waals surface area contributed by atoms with Gasteiger partial charge in [0.05, 0.1) is 0 Å². The third-order valence-electron chi connectivity index (χ3n) is 4.74. The third-order valence-corrected chi connectivity index (χ3v) is 4.74. The van der Waals surface area contributed by atoms with Crippen molar-refractivity contribution >= 4 is 0 Å². The molecule has 0 spiro atoms. The second-order valence-corrected chi connectivity index (χ2v) is 7.26. The maximum absolute atomic E-state index is 5.64. The number of hydrogen-bond acceptors (Lipinski definition) is 7. The van der Waals surface area contributed by atoms with Crippen LogP contribution >= 0.6 is 0 Å². The number of rotatable bonds is 20. The fourth-order valence-corrected chi connectivity index (χ4v) is 3.17. The van der Waals surface area contributed by atoms with Crippen molar-refractivity contribution in [2.45, 2.75) is 38.5 Å². The molecular weight excluding hydrogens is 326 g/mol. The van der Waals surface area contributed by atoms with Crippen molar-refractivity contribution in [1.29, 1.82) is 0 Å². The van der Waals surface area contributed by atoms with Gasteiger partial charge in [-0.2, -0.15) is 0 Å². The van der Waals surface area contributed by atoms with Crippen LogP contribution in [0.5, 0.6) is 0 Å². The van der Waals surface area contributed by atoms with Gasteiger partial charge in [0.1, 0.15) is 0 Å². The van der Waals surface area contributed by atoms with Gasteiger partial charge in [-0.15, -0.1) is 0 Å². The van der Waals surface area contributed by atoms with Crippen LogP contribution in [-0.2, 0) is 0 Å². The highest BCUT2D eigenvalue weighted by atomic mass is 15.1. The van der Waals surface area contributed by atoms with Crippen LogP contribution in [0.3, 0.4) is 0 Å². The first-order chi connectivity index (χ1) is 12.7. The van der Waals surface area contributed by atoms with Gasteiger partial charge in [0.15, 0.2) is 0 Å². The Kier molecular flexibility index (Phi) is 19.3. The molecular formula is C19H47N7. The van der Waals surface area contributed by atoms with E-state index in [1.165, 1.54) is 12.8 Å². The molecule has 158 valence electrons. The third kappa shape index (κ3) is 15.9. The van der Waals surface area contributed by atoms with Gasteiger partial charge in [-0.1, -0.05) is 0 Å². The molecule has 7 nitrogen and oxygen atoms in total. The van der Waals surface area contributed by atoms with E-state index in [1.54, 1.807) is 0 Å². The Bertz CT molecular complexity index is 237. The summed E-state index contributed by atoms with van der Waals surface area (Å²) in [6.45, 7) is 12.0. The highest BCUT2D eigenvalue weighted by Gasteiger charge is 2.07. The topological polar surface area (TPSA) is 114 Å². The largest absolute Gasteiger partial charge is 0.330 e. The van der Waals surface area contributed by atoms with E-state index >= 15 is 0 Å². The molecule has 0 saturated heterocycles. The summed E-state index contributed by atoms with van der Waals surface area (Å²) in [5.41, 5.74) is 22.6. The maximum Gasteiger partial charge on any atom is -0.000653 e. The molecule has 26 heavy (non-hydrogen) atoms. The predicted octanol–water partition coefficient (Wildman–Crippen LogP) is -0.302. The van der Waals surface area contributed by atoms with Crippen molar-refractivity contribution in [1.82, 2.24) is 14.7 Å². The summed E-state index contributed by atoms with van der Waals surface area (Å²) >= 11 is 0. The molecule has 0 bridgehead atoms. The quantitative estimate of drug-likeness (QED) is 0.232. The molecule has 7 heteroatoms. The molecule has 0 atom stereocenters. The summed E-state index contributed by atoms with van der Waals surface area (Å²) in [5, 5.41) is 0. The number of nitrogens with two attached hydrogens (primary N) is 4. The minimum absolute atomic E-state index is 0.768. The van der Waals surface area contributed by atoms with Gasteiger partial charge >= 0.3 is 0 Å². The van der Waals surface area contributed by atoms with Gasteiger partial charge in [0, 0.05) is 0 Å². The lowest BCUT2D eigenvalue weighted by molar-refractivity contribution is 0.225. The highest BCUT2D eigenvalue weighted by molar-refractivity contribution is 4.64. The Labute approximate surface area is 162 Å². The minimum Gasteiger partial charge on any atom is -0.330 e. The molecule has 0 unspecified atom stereocenters. The van der Waals surface area contributed by atoms with Crippen LogP contribution in [0, 0.1) is 0 Å². The highest BCUT2D eigenvalue weighted by Crippen LogP contribution is 2.00. The molecule has 0 rings (SSSR count). The SMILES string of the molecule is CN(CCCN(CCCN)CCCN)CCCN(CCCN)CCCN. The van der Waals surface area contributed by atoms with Crippen LogP contribution < -0.4 is 22.9 Å². The van der Waals surface area contributed by atoms with Gasteiger partial charge in [-0.05, 0) is 124 Å². The first-order valence-corrected chi connectivity index (χ1v) is 10.6. The molecule has 0 heterocycles. The van der Waals surface area contributed by atoms with Crippen molar-refractivity contribution < 1.29 is 0 Å². The Morgan fingerprint density at radius 1 is 0.423 bits per heavy atom. The molecule has 0 aliphatic heterocycles. The summed E-state index contributed by atoms with van der Waals surface area (Å²) in [6, 6.07) is 0. The van der Waals surface area contributed by atoms with Crippen LogP contribution in [0.25, 0.3) is 0 Å². The summed E-state index contributed by atoms with van der Waals surface area (Å²) in [4.78, 5) is 7.47. The predicted molar refractivity (Wildman–Crippen MR) is 114 cm³/mol. The first kappa shape index (κ1) is 25.7. The lowest BCUT2D eigenvalue weighted by Gasteiger charge is -2.25. The molecule has 8 N–H and O–H groups in total. The minimum atomic E-state index is 0.768. The van der Waals surface area contributed by atoms with Crippen molar-refractivity contribution in [3.05, 3.63) is 0 Å². The zero-order valence-corrected chi connectivity index (χ0v) is 17.4. The van der Waals surface area contributed by atoms with E-state index < -0.39 is 0 Å². The second-order valence-electron chi connectivity index (χ2n) is 7.26. The first-order valence-electron chi connectivity index (χ1n) is 10.6. The molecule has 0 amide bonds.